The van der Waals surface area contributed by atoms with E-state index < -0.39 is 0 Å². The summed E-state index contributed by atoms with van der Waals surface area (Å²) < 4.78 is 0. The predicted octanol–water partition coefficient (Wildman–Crippen LogP) is 3.86. The van der Waals surface area contributed by atoms with Crippen LogP contribution in [0.1, 0.15) is 33.3 Å². The molecule has 1 aromatic rings. The van der Waals surface area contributed by atoms with E-state index in [0.29, 0.717) is 11.3 Å². The maximum Gasteiger partial charge on any atom is 0.0408 e. The molecule has 0 aromatic heterocycles. The average Bonchev–Trinajstić information content (AvgIpc) is 2.71. The fourth-order valence-electron chi connectivity index (χ4n) is 3.23. The van der Waals surface area contributed by atoms with Crippen LogP contribution in [0.5, 0.6) is 0 Å². The minimum Gasteiger partial charge on any atom is -0.317 e. The van der Waals surface area contributed by atoms with Crippen LogP contribution in [0.3, 0.4) is 0 Å². The van der Waals surface area contributed by atoms with Crippen molar-refractivity contribution in [2.75, 3.05) is 13.1 Å². The highest BCUT2D eigenvalue weighted by atomic mass is 35.5. The van der Waals surface area contributed by atoms with Crippen LogP contribution in [0.15, 0.2) is 24.3 Å². The van der Waals surface area contributed by atoms with Gasteiger partial charge in [0, 0.05) is 10.4 Å². The highest BCUT2D eigenvalue weighted by molar-refractivity contribution is 6.30. The maximum absolute atomic E-state index is 6.11. The molecule has 2 unspecified atom stereocenters. The largest absolute Gasteiger partial charge is 0.317 e. The normalized spacial score (nSPS) is 30.3. The van der Waals surface area contributed by atoms with Gasteiger partial charge in [0.05, 0.1) is 0 Å². The molecule has 17 heavy (non-hydrogen) atoms. The lowest BCUT2D eigenvalue weighted by molar-refractivity contribution is 0.509. The van der Waals surface area contributed by atoms with Crippen molar-refractivity contribution in [3.05, 3.63) is 34.9 Å². The third-order valence-corrected chi connectivity index (χ3v) is 5.08. The van der Waals surface area contributed by atoms with Gasteiger partial charge in [-0.2, -0.15) is 0 Å². The van der Waals surface area contributed by atoms with Crippen molar-refractivity contribution in [1.29, 1.82) is 0 Å². The Morgan fingerprint density at radius 1 is 1.29 bits per heavy atom. The van der Waals surface area contributed by atoms with Crippen LogP contribution in [-0.2, 0) is 5.41 Å². The summed E-state index contributed by atoms with van der Waals surface area (Å²) in [4.78, 5) is 0. The lowest BCUT2D eigenvalue weighted by Crippen LogP contribution is -2.19. The van der Waals surface area contributed by atoms with Gasteiger partial charge < -0.3 is 5.32 Å². The molecule has 0 radical (unpaired) electrons. The van der Waals surface area contributed by atoms with E-state index in [1.165, 1.54) is 5.56 Å². The van der Waals surface area contributed by atoms with Crippen molar-refractivity contribution in [2.24, 2.45) is 11.3 Å². The molecule has 0 amide bonds. The summed E-state index contributed by atoms with van der Waals surface area (Å²) in [5, 5.41) is 4.31. The molecule has 0 heterocycles. The van der Waals surface area contributed by atoms with E-state index in [1.807, 2.05) is 6.07 Å². The Bertz CT molecular complexity index is 413. The molecule has 1 aliphatic carbocycles. The van der Waals surface area contributed by atoms with Gasteiger partial charge in [0.1, 0.15) is 0 Å². The number of nitrogens with one attached hydrogen (secondary N) is 1. The van der Waals surface area contributed by atoms with Crippen LogP contribution < -0.4 is 5.32 Å². The van der Waals surface area contributed by atoms with Crippen molar-refractivity contribution < 1.29 is 0 Å². The molecule has 1 nitrogen and oxygen atoms in total. The first kappa shape index (κ1) is 12.9. The predicted molar refractivity (Wildman–Crippen MR) is 74.6 cm³/mol. The van der Waals surface area contributed by atoms with E-state index in [1.54, 1.807) is 0 Å². The molecule has 0 aliphatic heterocycles. The first-order valence-corrected chi connectivity index (χ1v) is 6.79. The van der Waals surface area contributed by atoms with Crippen LogP contribution >= 0.6 is 11.6 Å². The Hall–Kier alpha value is -0.530. The summed E-state index contributed by atoms with van der Waals surface area (Å²) in [5.41, 5.74) is 1.97. The molecule has 0 spiro atoms. The Labute approximate surface area is 110 Å². The second kappa shape index (κ2) is 4.29. The molecule has 1 aliphatic rings. The standard InChI is InChI=1S/C15H22ClN/c1-5-17-10-13-14(2,3)15(13,4)11-7-6-8-12(16)9-11/h6-9,13,17H,5,10H2,1-4H3. The smallest absolute Gasteiger partial charge is 0.0408 e. The van der Waals surface area contributed by atoms with E-state index in [0.717, 1.165) is 18.1 Å². The summed E-state index contributed by atoms with van der Waals surface area (Å²) in [6.07, 6.45) is 0. The zero-order valence-corrected chi connectivity index (χ0v) is 11.9. The van der Waals surface area contributed by atoms with Gasteiger partial charge in [0.25, 0.3) is 0 Å². The third kappa shape index (κ3) is 1.90. The molecule has 2 atom stereocenters. The van der Waals surface area contributed by atoms with E-state index in [4.69, 9.17) is 11.6 Å². The highest BCUT2D eigenvalue weighted by Crippen LogP contribution is 2.68. The molecule has 2 rings (SSSR count). The average molecular weight is 252 g/mol. The summed E-state index contributed by atoms with van der Waals surface area (Å²) in [5.74, 6) is 0.688. The lowest BCUT2D eigenvalue weighted by Gasteiger charge is -2.15. The van der Waals surface area contributed by atoms with Crippen molar-refractivity contribution in [1.82, 2.24) is 5.32 Å². The molecule has 94 valence electrons. The first-order chi connectivity index (χ1) is 7.94. The minimum absolute atomic E-state index is 0.250. The summed E-state index contributed by atoms with van der Waals surface area (Å²) in [6.45, 7) is 11.4. The number of halogens is 1. The molecular weight excluding hydrogens is 230 g/mol. The molecule has 0 bridgehead atoms. The van der Waals surface area contributed by atoms with Crippen LogP contribution in [0.4, 0.5) is 0 Å². The van der Waals surface area contributed by atoms with Crippen molar-refractivity contribution >= 4 is 11.6 Å². The van der Waals surface area contributed by atoms with Crippen molar-refractivity contribution in [3.8, 4) is 0 Å². The number of hydrogen-bond acceptors (Lipinski definition) is 1. The topological polar surface area (TPSA) is 12.0 Å². The molecule has 1 fully saturated rings. The van der Waals surface area contributed by atoms with Gasteiger partial charge in [-0.1, -0.05) is 51.4 Å². The monoisotopic (exact) mass is 251 g/mol. The van der Waals surface area contributed by atoms with Gasteiger partial charge in [0.15, 0.2) is 0 Å². The summed E-state index contributed by atoms with van der Waals surface area (Å²) >= 11 is 6.11. The zero-order valence-electron chi connectivity index (χ0n) is 11.2. The van der Waals surface area contributed by atoms with E-state index in [2.05, 4.69) is 51.2 Å². The Balaban J connectivity index is 2.25. The number of rotatable bonds is 4. The fourth-order valence-corrected chi connectivity index (χ4v) is 3.42. The van der Waals surface area contributed by atoms with Crippen molar-refractivity contribution in [3.63, 3.8) is 0 Å². The Morgan fingerprint density at radius 2 is 2.00 bits per heavy atom. The number of hydrogen-bond donors (Lipinski definition) is 1. The number of benzene rings is 1. The van der Waals surface area contributed by atoms with Gasteiger partial charge in [-0.3, -0.25) is 0 Å². The van der Waals surface area contributed by atoms with Gasteiger partial charge in [0.2, 0.25) is 0 Å². The lowest BCUT2D eigenvalue weighted by atomic mass is 9.90. The quantitative estimate of drug-likeness (QED) is 0.857. The van der Waals surface area contributed by atoms with Crippen LogP contribution in [0.2, 0.25) is 5.02 Å². The van der Waals surface area contributed by atoms with Crippen LogP contribution in [0.25, 0.3) is 0 Å². The van der Waals surface area contributed by atoms with Gasteiger partial charge in [-0.25, -0.2) is 0 Å². The third-order valence-electron chi connectivity index (χ3n) is 4.85. The first-order valence-electron chi connectivity index (χ1n) is 6.41. The van der Waals surface area contributed by atoms with E-state index >= 15 is 0 Å². The highest BCUT2D eigenvalue weighted by Gasteiger charge is 2.67. The molecule has 2 heteroatoms. The van der Waals surface area contributed by atoms with Gasteiger partial charge in [-0.15, -0.1) is 0 Å². The van der Waals surface area contributed by atoms with Crippen LogP contribution in [0, 0.1) is 11.3 Å². The van der Waals surface area contributed by atoms with Crippen molar-refractivity contribution in [2.45, 2.75) is 33.1 Å². The zero-order chi connectivity index (χ0) is 12.7. The van der Waals surface area contributed by atoms with E-state index in [-0.39, 0.29) is 5.41 Å². The SMILES string of the molecule is CCNCC1C(C)(C)C1(C)c1cccc(Cl)c1. The maximum atomic E-state index is 6.11. The molecule has 1 N–H and O–H groups in total. The van der Waals surface area contributed by atoms with Gasteiger partial charge >= 0.3 is 0 Å². The fraction of sp³-hybridized carbons (Fsp3) is 0.600. The summed E-state index contributed by atoms with van der Waals surface area (Å²) in [7, 11) is 0. The Morgan fingerprint density at radius 3 is 2.59 bits per heavy atom. The molecule has 0 saturated heterocycles. The minimum atomic E-state index is 0.250. The molecule has 1 aromatic carbocycles. The second-order valence-corrected chi connectivity index (χ2v) is 6.23. The van der Waals surface area contributed by atoms with Gasteiger partial charge in [-0.05, 0) is 42.1 Å². The second-order valence-electron chi connectivity index (χ2n) is 5.79. The summed E-state index contributed by atoms with van der Waals surface area (Å²) in [6, 6.07) is 8.33. The molecular formula is C15H22ClN. The van der Waals surface area contributed by atoms with E-state index in [9.17, 15) is 0 Å². The van der Waals surface area contributed by atoms with Crippen LogP contribution in [-0.4, -0.2) is 13.1 Å². The Kier molecular flexibility index (Phi) is 3.26. The molecule has 1 saturated carbocycles.